The van der Waals surface area contributed by atoms with Crippen LogP contribution in [0.1, 0.15) is 31.7 Å². The van der Waals surface area contributed by atoms with Crippen molar-refractivity contribution in [3.63, 3.8) is 0 Å². The molecule has 0 N–H and O–H groups in total. The van der Waals surface area contributed by atoms with Crippen LogP contribution in [-0.4, -0.2) is 37.7 Å². The summed E-state index contributed by atoms with van der Waals surface area (Å²) in [6, 6.07) is 7.26. The molecule has 0 amide bonds. The van der Waals surface area contributed by atoms with Crippen molar-refractivity contribution in [2.24, 2.45) is 0 Å². The Labute approximate surface area is 132 Å². The van der Waals surface area contributed by atoms with Gasteiger partial charge in [0.2, 0.25) is 10.0 Å². The highest BCUT2D eigenvalue weighted by molar-refractivity contribution is 7.89. The normalized spacial score (nSPS) is 22.9. The number of hydrogen-bond acceptors (Lipinski definition) is 3. The molecule has 1 aromatic rings. The maximum atomic E-state index is 12.5. The van der Waals surface area contributed by atoms with E-state index in [0.29, 0.717) is 18.2 Å². The summed E-state index contributed by atoms with van der Waals surface area (Å²) in [4.78, 5) is 0. The van der Waals surface area contributed by atoms with Gasteiger partial charge in [0.1, 0.15) is 0 Å². The van der Waals surface area contributed by atoms with Crippen LogP contribution in [0.3, 0.4) is 0 Å². The van der Waals surface area contributed by atoms with E-state index >= 15 is 0 Å². The van der Waals surface area contributed by atoms with Crippen LogP contribution < -0.4 is 0 Å². The maximum absolute atomic E-state index is 12.5. The average molecular weight is 332 g/mol. The second kappa shape index (κ2) is 7.58. The Morgan fingerprint density at radius 1 is 1.33 bits per heavy atom. The summed E-state index contributed by atoms with van der Waals surface area (Å²) in [5.41, 5.74) is 0.950. The van der Waals surface area contributed by atoms with Crippen LogP contribution in [0.4, 0.5) is 0 Å². The van der Waals surface area contributed by atoms with Crippen LogP contribution in [0, 0.1) is 0 Å². The number of rotatable bonds is 5. The van der Waals surface area contributed by atoms with Gasteiger partial charge in [-0.3, -0.25) is 0 Å². The predicted molar refractivity (Wildman–Crippen MR) is 84.9 cm³/mol. The highest BCUT2D eigenvalue weighted by Gasteiger charge is 2.32. The molecule has 1 aliphatic rings. The lowest BCUT2D eigenvalue weighted by Gasteiger charge is -2.28. The highest BCUT2D eigenvalue weighted by Crippen LogP contribution is 2.21. The molecule has 0 unspecified atom stereocenters. The number of hydrogen-bond donors (Lipinski definition) is 0. The van der Waals surface area contributed by atoms with Crippen molar-refractivity contribution in [2.75, 3.05) is 19.0 Å². The molecule has 21 heavy (non-hydrogen) atoms. The van der Waals surface area contributed by atoms with Gasteiger partial charge in [-0.25, -0.2) is 8.42 Å². The van der Waals surface area contributed by atoms with E-state index in [4.69, 9.17) is 16.3 Å². The number of unbranched alkanes of at least 4 members (excludes halogenated alkanes) is 1. The lowest BCUT2D eigenvalue weighted by molar-refractivity contribution is 0.105. The molecule has 1 heterocycles. The summed E-state index contributed by atoms with van der Waals surface area (Å²) in [5.74, 6) is 0.0587. The molecule has 0 aliphatic carbocycles. The van der Waals surface area contributed by atoms with Crippen molar-refractivity contribution in [1.29, 1.82) is 0 Å². The summed E-state index contributed by atoms with van der Waals surface area (Å²) < 4.78 is 32.0. The second-order valence-corrected chi connectivity index (χ2v) is 7.84. The quantitative estimate of drug-likeness (QED) is 0.833. The third-order valence-electron chi connectivity index (χ3n) is 3.70. The molecule has 118 valence electrons. The minimum atomic E-state index is -3.27. The molecule has 1 saturated heterocycles. The van der Waals surface area contributed by atoms with Gasteiger partial charge in [0, 0.05) is 17.6 Å². The van der Waals surface area contributed by atoms with Crippen molar-refractivity contribution >= 4 is 21.6 Å². The van der Waals surface area contributed by atoms with Gasteiger partial charge in [0.05, 0.1) is 19.0 Å². The number of halogens is 1. The Morgan fingerprint density at radius 2 is 2.05 bits per heavy atom. The van der Waals surface area contributed by atoms with Gasteiger partial charge in [-0.05, 0) is 24.1 Å². The molecule has 0 saturated carbocycles. The van der Waals surface area contributed by atoms with E-state index in [2.05, 4.69) is 6.92 Å². The Morgan fingerprint density at radius 3 is 2.71 bits per heavy atom. The Hall–Kier alpha value is -0.620. The Balaban J connectivity index is 2.20. The summed E-state index contributed by atoms with van der Waals surface area (Å²) in [5, 5.41) is 0.656. The number of nitrogens with zero attached hydrogens (tertiary/aromatic N) is 1. The van der Waals surface area contributed by atoms with Crippen molar-refractivity contribution in [1.82, 2.24) is 4.31 Å². The van der Waals surface area contributed by atoms with Crippen LogP contribution in [-0.2, 0) is 21.3 Å². The first kappa shape index (κ1) is 16.7. The van der Waals surface area contributed by atoms with Crippen LogP contribution >= 0.6 is 11.6 Å². The summed E-state index contributed by atoms with van der Waals surface area (Å²) >= 11 is 5.88. The fraction of sp³-hybridized carbons (Fsp3) is 0.600. The average Bonchev–Trinajstić information content (AvgIpc) is 2.59. The number of benzene rings is 1. The van der Waals surface area contributed by atoms with Gasteiger partial charge in [0.25, 0.3) is 0 Å². The SMILES string of the molecule is CCCC[C@H]1COCCS(=O)(=O)N1Cc1ccc(Cl)cc1. The molecule has 0 bridgehead atoms. The zero-order valence-electron chi connectivity index (χ0n) is 12.3. The minimum Gasteiger partial charge on any atom is -0.379 e. The van der Waals surface area contributed by atoms with Gasteiger partial charge in [0.15, 0.2) is 0 Å². The first-order valence-corrected chi connectivity index (χ1v) is 9.33. The fourth-order valence-corrected chi connectivity index (χ4v) is 4.13. The van der Waals surface area contributed by atoms with Crippen molar-refractivity contribution in [3.8, 4) is 0 Å². The largest absolute Gasteiger partial charge is 0.379 e. The zero-order chi connectivity index (χ0) is 15.3. The monoisotopic (exact) mass is 331 g/mol. The number of ether oxygens (including phenoxy) is 1. The van der Waals surface area contributed by atoms with E-state index < -0.39 is 10.0 Å². The molecule has 1 fully saturated rings. The topological polar surface area (TPSA) is 46.6 Å². The second-order valence-electron chi connectivity index (χ2n) is 5.36. The smallest absolute Gasteiger partial charge is 0.217 e. The molecule has 0 radical (unpaired) electrons. The molecule has 2 rings (SSSR count). The third-order valence-corrected chi connectivity index (χ3v) is 5.78. The fourth-order valence-electron chi connectivity index (χ4n) is 2.48. The van der Waals surface area contributed by atoms with Crippen LogP contribution in [0.5, 0.6) is 0 Å². The van der Waals surface area contributed by atoms with Gasteiger partial charge in [-0.2, -0.15) is 4.31 Å². The van der Waals surface area contributed by atoms with E-state index in [9.17, 15) is 8.42 Å². The van der Waals surface area contributed by atoms with Crippen LogP contribution in [0.25, 0.3) is 0 Å². The molecule has 1 aliphatic heterocycles. The molecular formula is C15H22ClNO3S. The summed E-state index contributed by atoms with van der Waals surface area (Å²) in [7, 11) is -3.27. The number of sulfonamides is 1. The zero-order valence-corrected chi connectivity index (χ0v) is 13.9. The molecule has 1 atom stereocenters. The predicted octanol–water partition coefficient (Wildman–Crippen LogP) is 3.06. The molecule has 1 aromatic carbocycles. The molecule has 0 spiro atoms. The van der Waals surface area contributed by atoms with Gasteiger partial charge >= 0.3 is 0 Å². The maximum Gasteiger partial charge on any atom is 0.217 e. The molecule has 6 heteroatoms. The molecule has 4 nitrogen and oxygen atoms in total. The van der Waals surface area contributed by atoms with Crippen LogP contribution in [0.2, 0.25) is 5.02 Å². The summed E-state index contributed by atoms with van der Waals surface area (Å²) in [6.45, 7) is 3.25. The molecule has 0 aromatic heterocycles. The van der Waals surface area contributed by atoms with Gasteiger partial charge < -0.3 is 4.74 Å². The third kappa shape index (κ3) is 4.68. The first-order chi connectivity index (χ1) is 10.0. The lowest BCUT2D eigenvalue weighted by atomic mass is 10.1. The van der Waals surface area contributed by atoms with E-state index in [1.54, 1.807) is 16.4 Å². The van der Waals surface area contributed by atoms with Gasteiger partial charge in [-0.1, -0.05) is 43.5 Å². The van der Waals surface area contributed by atoms with Gasteiger partial charge in [-0.15, -0.1) is 0 Å². The van der Waals surface area contributed by atoms with Crippen molar-refractivity contribution in [2.45, 2.75) is 38.8 Å². The summed E-state index contributed by atoms with van der Waals surface area (Å²) in [6.07, 6.45) is 2.88. The molecular weight excluding hydrogens is 310 g/mol. The van der Waals surface area contributed by atoms with E-state index in [1.165, 1.54) is 0 Å². The minimum absolute atomic E-state index is 0.0587. The Kier molecular flexibility index (Phi) is 6.05. The standard InChI is InChI=1S/C15H22ClNO3S/c1-2-3-4-15-12-20-9-10-21(18,19)17(15)11-13-5-7-14(16)8-6-13/h5-8,15H,2-4,9-12H2,1H3/t15-/m0/s1. The lowest BCUT2D eigenvalue weighted by Crippen LogP contribution is -2.41. The first-order valence-electron chi connectivity index (χ1n) is 7.34. The van der Waals surface area contributed by atoms with Crippen molar-refractivity contribution < 1.29 is 13.2 Å². The highest BCUT2D eigenvalue weighted by atomic mass is 35.5. The van der Waals surface area contributed by atoms with Crippen molar-refractivity contribution in [3.05, 3.63) is 34.9 Å². The van der Waals surface area contributed by atoms with E-state index in [1.807, 2.05) is 12.1 Å². The van der Waals surface area contributed by atoms with E-state index in [-0.39, 0.29) is 18.4 Å². The van der Waals surface area contributed by atoms with E-state index in [0.717, 1.165) is 24.8 Å². The Bertz CT molecular complexity index is 545. The van der Waals surface area contributed by atoms with Crippen LogP contribution in [0.15, 0.2) is 24.3 Å².